The van der Waals surface area contributed by atoms with Crippen molar-refractivity contribution in [3.05, 3.63) is 29.8 Å². The molecule has 27 heavy (non-hydrogen) atoms. The van der Waals surface area contributed by atoms with Crippen LogP contribution in [0.15, 0.2) is 24.3 Å². The van der Waals surface area contributed by atoms with Crippen LogP contribution in [0.1, 0.15) is 42.5 Å². The number of carboxylic acid groups (broad SMARTS) is 1. The molecule has 0 spiro atoms. The maximum atomic E-state index is 12.8. The molecule has 1 amide bonds. The van der Waals surface area contributed by atoms with Gasteiger partial charge >= 0.3 is 5.97 Å². The van der Waals surface area contributed by atoms with Gasteiger partial charge in [0.05, 0.1) is 18.6 Å². The predicted octanol–water partition coefficient (Wildman–Crippen LogP) is 2.34. The first-order valence-electron chi connectivity index (χ1n) is 9.59. The molecule has 2 aliphatic heterocycles. The molecule has 2 heterocycles. The van der Waals surface area contributed by atoms with E-state index in [0.29, 0.717) is 31.1 Å². The number of hydrogen-bond donors (Lipinski definition) is 1. The first-order chi connectivity index (χ1) is 13.1. The second kappa shape index (κ2) is 9.71. The molecule has 1 aromatic carbocycles. The molecule has 0 saturated carbocycles. The summed E-state index contributed by atoms with van der Waals surface area (Å²) in [5, 5.41) is 8.96. The molecule has 2 atom stereocenters. The largest absolute Gasteiger partial charge is 0.491 e. The van der Waals surface area contributed by atoms with Gasteiger partial charge in [-0.05, 0) is 49.9 Å². The maximum Gasteiger partial charge on any atom is 0.305 e. The van der Waals surface area contributed by atoms with Crippen molar-refractivity contribution in [2.75, 3.05) is 32.9 Å². The first kappa shape index (κ1) is 19.6. The van der Waals surface area contributed by atoms with E-state index in [1.807, 2.05) is 0 Å². The molecule has 1 aromatic rings. The predicted molar refractivity (Wildman–Crippen MR) is 98.0 cm³/mol. The number of nitrogens with zero attached hydrogens (tertiary/aromatic N) is 1. The third-order valence-electron chi connectivity index (χ3n) is 4.89. The standard InChI is InChI=1S/C20H27NO6/c22-19(23)9-10-21(13-17-3-1-11-25-17)20(24)15-5-7-16(8-6-15)27-14-18-4-2-12-26-18/h5-8,17-18H,1-4,9-14H2,(H,22,23)/t17-,18-/m1/s1. The van der Waals surface area contributed by atoms with Crippen molar-refractivity contribution >= 4 is 11.9 Å². The van der Waals surface area contributed by atoms with Crippen molar-refractivity contribution in [1.82, 2.24) is 4.90 Å². The van der Waals surface area contributed by atoms with Gasteiger partial charge in [0.25, 0.3) is 5.91 Å². The van der Waals surface area contributed by atoms with Gasteiger partial charge in [-0.15, -0.1) is 0 Å². The fourth-order valence-electron chi connectivity index (χ4n) is 3.38. The monoisotopic (exact) mass is 377 g/mol. The minimum atomic E-state index is -0.919. The Kier molecular flexibility index (Phi) is 7.06. The molecular formula is C20H27NO6. The number of carbonyl (C=O) groups excluding carboxylic acids is 1. The lowest BCUT2D eigenvalue weighted by Gasteiger charge is -2.25. The molecule has 1 N–H and O–H groups in total. The molecular weight excluding hydrogens is 350 g/mol. The van der Waals surface area contributed by atoms with E-state index in [-0.39, 0.29) is 31.1 Å². The van der Waals surface area contributed by atoms with Gasteiger partial charge in [-0.25, -0.2) is 0 Å². The van der Waals surface area contributed by atoms with Crippen molar-refractivity contribution in [1.29, 1.82) is 0 Å². The Labute approximate surface area is 159 Å². The van der Waals surface area contributed by atoms with Crippen LogP contribution < -0.4 is 4.74 Å². The van der Waals surface area contributed by atoms with Gasteiger partial charge in [-0.3, -0.25) is 9.59 Å². The minimum Gasteiger partial charge on any atom is -0.491 e. The summed E-state index contributed by atoms with van der Waals surface area (Å²) in [7, 11) is 0. The zero-order valence-corrected chi connectivity index (χ0v) is 15.5. The quantitative estimate of drug-likeness (QED) is 0.711. The Morgan fingerprint density at radius 3 is 2.33 bits per heavy atom. The van der Waals surface area contributed by atoms with Crippen LogP contribution in [-0.4, -0.2) is 67.0 Å². The Morgan fingerprint density at radius 1 is 1.07 bits per heavy atom. The normalized spacial score (nSPS) is 21.9. The van der Waals surface area contributed by atoms with Gasteiger partial charge in [0.15, 0.2) is 0 Å². The Balaban J connectivity index is 1.58. The highest BCUT2D eigenvalue weighted by Gasteiger charge is 2.24. The lowest BCUT2D eigenvalue weighted by molar-refractivity contribution is -0.137. The Bertz CT molecular complexity index is 620. The summed E-state index contributed by atoms with van der Waals surface area (Å²) in [6.45, 7) is 2.59. The molecule has 2 fully saturated rings. The van der Waals surface area contributed by atoms with E-state index >= 15 is 0 Å². The summed E-state index contributed by atoms with van der Waals surface area (Å²) in [5.41, 5.74) is 0.517. The van der Waals surface area contributed by atoms with Gasteiger partial charge in [0.1, 0.15) is 12.4 Å². The smallest absolute Gasteiger partial charge is 0.305 e. The van der Waals surface area contributed by atoms with Gasteiger partial charge in [0, 0.05) is 31.9 Å². The molecule has 3 rings (SSSR count). The van der Waals surface area contributed by atoms with Crippen LogP contribution in [0.4, 0.5) is 0 Å². The van der Waals surface area contributed by atoms with E-state index in [4.69, 9.17) is 19.3 Å². The molecule has 0 unspecified atom stereocenters. The molecule has 0 aromatic heterocycles. The number of ether oxygens (including phenoxy) is 3. The van der Waals surface area contributed by atoms with E-state index in [0.717, 1.165) is 32.3 Å². The van der Waals surface area contributed by atoms with Gasteiger partial charge in [0.2, 0.25) is 0 Å². The number of aliphatic carboxylic acids is 1. The fourth-order valence-corrected chi connectivity index (χ4v) is 3.38. The van der Waals surface area contributed by atoms with Crippen LogP contribution >= 0.6 is 0 Å². The van der Waals surface area contributed by atoms with Crippen LogP contribution in [0.2, 0.25) is 0 Å². The summed E-state index contributed by atoms with van der Waals surface area (Å²) in [6.07, 6.45) is 3.99. The van der Waals surface area contributed by atoms with Crippen LogP contribution in [0.5, 0.6) is 5.75 Å². The van der Waals surface area contributed by atoms with Crippen LogP contribution in [-0.2, 0) is 14.3 Å². The van der Waals surface area contributed by atoms with Gasteiger partial charge in [-0.1, -0.05) is 0 Å². The Hall–Kier alpha value is -2.12. The maximum absolute atomic E-state index is 12.8. The summed E-state index contributed by atoms with van der Waals surface area (Å²) in [4.78, 5) is 25.3. The average Bonchev–Trinajstić information content (AvgIpc) is 3.37. The number of carbonyl (C=O) groups is 2. The fraction of sp³-hybridized carbons (Fsp3) is 0.600. The molecule has 2 saturated heterocycles. The average molecular weight is 377 g/mol. The van der Waals surface area contributed by atoms with Crippen molar-refractivity contribution in [3.63, 3.8) is 0 Å². The SMILES string of the molecule is O=C(O)CCN(C[C@H]1CCCO1)C(=O)c1ccc(OC[C@H]2CCCO2)cc1. The van der Waals surface area contributed by atoms with Gasteiger partial charge in [-0.2, -0.15) is 0 Å². The third kappa shape index (κ3) is 5.94. The van der Waals surface area contributed by atoms with E-state index in [1.54, 1.807) is 29.2 Å². The summed E-state index contributed by atoms with van der Waals surface area (Å²) < 4.78 is 16.9. The van der Waals surface area contributed by atoms with E-state index in [2.05, 4.69) is 0 Å². The Morgan fingerprint density at radius 2 is 1.74 bits per heavy atom. The highest BCUT2D eigenvalue weighted by Crippen LogP contribution is 2.19. The molecule has 0 radical (unpaired) electrons. The summed E-state index contributed by atoms with van der Waals surface area (Å²) in [5.74, 6) is -0.409. The molecule has 2 aliphatic rings. The van der Waals surface area contributed by atoms with Gasteiger partial charge < -0.3 is 24.2 Å². The third-order valence-corrected chi connectivity index (χ3v) is 4.89. The van der Waals surface area contributed by atoms with Crippen LogP contribution in [0, 0.1) is 0 Å². The molecule has 7 nitrogen and oxygen atoms in total. The second-order valence-corrected chi connectivity index (χ2v) is 7.00. The topological polar surface area (TPSA) is 85.3 Å². The number of hydrogen-bond acceptors (Lipinski definition) is 5. The zero-order chi connectivity index (χ0) is 19.1. The van der Waals surface area contributed by atoms with Crippen molar-refractivity contribution in [2.45, 2.75) is 44.3 Å². The minimum absolute atomic E-state index is 0.0169. The van der Waals surface area contributed by atoms with Crippen molar-refractivity contribution in [3.8, 4) is 5.75 Å². The first-order valence-corrected chi connectivity index (χ1v) is 9.59. The second-order valence-electron chi connectivity index (χ2n) is 7.00. The van der Waals surface area contributed by atoms with Crippen molar-refractivity contribution in [2.24, 2.45) is 0 Å². The lowest BCUT2D eigenvalue weighted by Crippen LogP contribution is -2.38. The highest BCUT2D eigenvalue weighted by molar-refractivity contribution is 5.94. The van der Waals surface area contributed by atoms with E-state index in [9.17, 15) is 9.59 Å². The lowest BCUT2D eigenvalue weighted by atomic mass is 10.1. The van der Waals surface area contributed by atoms with Crippen LogP contribution in [0.25, 0.3) is 0 Å². The van der Waals surface area contributed by atoms with Crippen molar-refractivity contribution < 1.29 is 28.9 Å². The molecule has 0 aliphatic carbocycles. The molecule has 148 valence electrons. The number of rotatable bonds is 9. The summed E-state index contributed by atoms with van der Waals surface area (Å²) >= 11 is 0. The molecule has 7 heteroatoms. The number of carboxylic acids is 1. The highest BCUT2D eigenvalue weighted by atomic mass is 16.5. The summed E-state index contributed by atoms with van der Waals surface area (Å²) in [6, 6.07) is 6.97. The number of benzene rings is 1. The van der Waals surface area contributed by atoms with E-state index < -0.39 is 5.97 Å². The van der Waals surface area contributed by atoms with E-state index in [1.165, 1.54) is 0 Å². The number of amides is 1. The van der Waals surface area contributed by atoms with Crippen LogP contribution in [0.3, 0.4) is 0 Å². The molecule has 0 bridgehead atoms. The zero-order valence-electron chi connectivity index (χ0n) is 15.5.